The van der Waals surface area contributed by atoms with Crippen LogP contribution in [0.1, 0.15) is 57.9 Å². The van der Waals surface area contributed by atoms with Gasteiger partial charge in [0.1, 0.15) is 6.04 Å². The maximum Gasteiger partial charge on any atom is 0.329 e. The quantitative estimate of drug-likeness (QED) is 0.384. The van der Waals surface area contributed by atoms with Crippen molar-refractivity contribution < 1.29 is 19.1 Å². The van der Waals surface area contributed by atoms with Gasteiger partial charge in [-0.15, -0.1) is 11.8 Å². The highest BCUT2D eigenvalue weighted by Gasteiger charge is 2.49. The molecular weight excluding hydrogens is 388 g/mol. The molecule has 0 bridgehead atoms. The maximum atomic E-state index is 13.0. The lowest BCUT2D eigenvalue weighted by molar-refractivity contribution is -0.159. The molecule has 1 aromatic heterocycles. The second-order valence-electron chi connectivity index (χ2n) is 8.28. The molecule has 7 heteroatoms. The number of hydrogen-bond acceptors (Lipinski definition) is 6. The minimum atomic E-state index is -0.701. The van der Waals surface area contributed by atoms with E-state index in [0.717, 1.165) is 44.1 Å². The van der Waals surface area contributed by atoms with Gasteiger partial charge in [0.25, 0.3) is 5.91 Å². The Labute approximate surface area is 176 Å². The predicted octanol–water partition coefficient (Wildman–Crippen LogP) is 3.39. The average Bonchev–Trinajstić information content (AvgIpc) is 3.06. The van der Waals surface area contributed by atoms with Crippen molar-refractivity contribution in [1.82, 2.24) is 9.88 Å². The molecule has 1 atom stereocenters. The minimum absolute atomic E-state index is 0.200. The highest BCUT2D eigenvalue weighted by Crippen LogP contribution is 2.40. The summed E-state index contributed by atoms with van der Waals surface area (Å²) in [4.78, 5) is 43.5. The fourth-order valence-electron chi connectivity index (χ4n) is 4.11. The van der Waals surface area contributed by atoms with Crippen LogP contribution in [0.25, 0.3) is 0 Å². The van der Waals surface area contributed by atoms with Gasteiger partial charge in [-0.05, 0) is 51.2 Å². The summed E-state index contributed by atoms with van der Waals surface area (Å²) in [6.45, 7) is 4.06. The second kappa shape index (κ2) is 9.74. The molecule has 1 saturated heterocycles. The number of rotatable bonds is 7. The molecule has 6 nitrogen and oxygen atoms in total. The lowest BCUT2D eigenvalue weighted by Crippen LogP contribution is -2.53. The van der Waals surface area contributed by atoms with Crippen LogP contribution in [-0.4, -0.2) is 50.8 Å². The number of carbonyl (C=O) groups is 3. The number of amides is 1. The fourth-order valence-corrected chi connectivity index (χ4v) is 5.31. The Balaban J connectivity index is 1.57. The molecule has 1 aliphatic heterocycles. The van der Waals surface area contributed by atoms with Gasteiger partial charge in [-0.3, -0.25) is 14.6 Å². The third kappa shape index (κ3) is 5.38. The zero-order valence-electron chi connectivity index (χ0n) is 17.3. The largest absolute Gasteiger partial charge is 0.464 e. The average molecular weight is 419 g/mol. The molecule has 0 N–H and O–H groups in total. The number of carbonyl (C=O) groups excluding carboxylic acids is 3. The van der Waals surface area contributed by atoms with Crippen molar-refractivity contribution in [3.63, 3.8) is 0 Å². The normalized spacial score (nSPS) is 21.7. The van der Waals surface area contributed by atoms with Crippen LogP contribution in [0.15, 0.2) is 24.5 Å². The standard InChI is InChI=1S/C22H30N2O4S/c1-22(2)24(20(26)19(25)17-10-4-3-5-11-17)18(15-29-22)21(27)28-13-7-9-16-8-6-12-23-14-16/h6,8,12,14,17-18H,3-5,7,9-11,13,15H2,1-2H3/t18-/m0/s1. The van der Waals surface area contributed by atoms with Crippen molar-refractivity contribution in [1.29, 1.82) is 0 Å². The van der Waals surface area contributed by atoms with Gasteiger partial charge in [-0.25, -0.2) is 4.79 Å². The second-order valence-corrected chi connectivity index (χ2v) is 9.90. The first-order chi connectivity index (χ1) is 13.9. The summed E-state index contributed by atoms with van der Waals surface area (Å²) >= 11 is 1.52. The van der Waals surface area contributed by atoms with Gasteiger partial charge in [0, 0.05) is 24.1 Å². The summed E-state index contributed by atoms with van der Waals surface area (Å²) in [5, 5.41) is 0. The highest BCUT2D eigenvalue weighted by atomic mass is 32.2. The predicted molar refractivity (Wildman–Crippen MR) is 112 cm³/mol. The van der Waals surface area contributed by atoms with Gasteiger partial charge in [0.15, 0.2) is 0 Å². The van der Waals surface area contributed by atoms with Crippen LogP contribution in [0, 0.1) is 5.92 Å². The number of esters is 1. The Bertz CT molecular complexity index is 732. The molecule has 2 heterocycles. The van der Waals surface area contributed by atoms with Crippen LogP contribution in [0.4, 0.5) is 0 Å². The van der Waals surface area contributed by atoms with Gasteiger partial charge in [0.05, 0.1) is 11.5 Å². The van der Waals surface area contributed by atoms with Crippen LogP contribution in [0.5, 0.6) is 0 Å². The molecule has 2 aliphatic rings. The van der Waals surface area contributed by atoms with E-state index >= 15 is 0 Å². The molecule has 0 unspecified atom stereocenters. The van der Waals surface area contributed by atoms with E-state index in [-0.39, 0.29) is 18.3 Å². The van der Waals surface area contributed by atoms with Gasteiger partial charge in [0.2, 0.25) is 5.78 Å². The van der Waals surface area contributed by atoms with Crippen LogP contribution in [0.3, 0.4) is 0 Å². The Morgan fingerprint density at radius 1 is 1.24 bits per heavy atom. The lowest BCUT2D eigenvalue weighted by atomic mass is 9.85. The molecule has 1 saturated carbocycles. The number of aromatic nitrogens is 1. The zero-order valence-corrected chi connectivity index (χ0v) is 18.1. The van der Waals surface area contributed by atoms with Gasteiger partial charge in [-0.1, -0.05) is 25.3 Å². The molecular formula is C22H30N2O4S. The molecule has 0 aromatic carbocycles. The van der Waals surface area contributed by atoms with Crippen molar-refractivity contribution >= 4 is 29.4 Å². The van der Waals surface area contributed by atoms with Crippen molar-refractivity contribution in [3.8, 4) is 0 Å². The Kier molecular flexibility index (Phi) is 7.33. The molecule has 1 aromatic rings. The number of pyridine rings is 1. The van der Waals surface area contributed by atoms with Gasteiger partial charge < -0.3 is 9.64 Å². The van der Waals surface area contributed by atoms with Crippen LogP contribution < -0.4 is 0 Å². The number of hydrogen-bond donors (Lipinski definition) is 0. The van der Waals surface area contributed by atoms with Crippen LogP contribution in [-0.2, 0) is 25.5 Å². The van der Waals surface area contributed by atoms with Crippen molar-refractivity contribution in [2.24, 2.45) is 5.92 Å². The number of thioether (sulfide) groups is 1. The molecule has 158 valence electrons. The van der Waals surface area contributed by atoms with E-state index in [2.05, 4.69) is 4.98 Å². The summed E-state index contributed by atoms with van der Waals surface area (Å²) < 4.78 is 5.47. The highest BCUT2D eigenvalue weighted by molar-refractivity contribution is 8.00. The van der Waals surface area contributed by atoms with E-state index in [9.17, 15) is 14.4 Å². The summed E-state index contributed by atoms with van der Waals surface area (Å²) in [5.74, 6) is -1.02. The number of ether oxygens (including phenoxy) is 1. The number of aryl methyl sites for hydroxylation is 1. The van der Waals surface area contributed by atoms with E-state index in [1.54, 1.807) is 12.4 Å². The molecule has 0 spiro atoms. The smallest absolute Gasteiger partial charge is 0.329 e. The summed E-state index contributed by atoms with van der Waals surface area (Å²) in [5.41, 5.74) is 1.09. The van der Waals surface area contributed by atoms with E-state index in [1.165, 1.54) is 16.7 Å². The third-order valence-corrected chi connectivity index (χ3v) is 7.13. The first-order valence-electron chi connectivity index (χ1n) is 10.5. The van der Waals surface area contributed by atoms with E-state index < -0.39 is 22.8 Å². The van der Waals surface area contributed by atoms with Gasteiger partial charge >= 0.3 is 5.97 Å². The van der Waals surface area contributed by atoms with Crippen molar-refractivity contribution in [2.75, 3.05) is 12.4 Å². The summed E-state index contributed by atoms with van der Waals surface area (Å²) in [6, 6.07) is 3.17. The number of ketones is 1. The Morgan fingerprint density at radius 3 is 2.69 bits per heavy atom. The van der Waals surface area contributed by atoms with Gasteiger partial charge in [-0.2, -0.15) is 0 Å². The molecule has 2 fully saturated rings. The molecule has 0 radical (unpaired) electrons. The third-order valence-electron chi connectivity index (χ3n) is 5.74. The van der Waals surface area contributed by atoms with E-state index in [1.807, 2.05) is 26.0 Å². The van der Waals surface area contributed by atoms with E-state index in [0.29, 0.717) is 12.2 Å². The van der Waals surface area contributed by atoms with Crippen molar-refractivity contribution in [2.45, 2.75) is 69.7 Å². The topological polar surface area (TPSA) is 76.6 Å². The first kappa shape index (κ1) is 21.8. The maximum absolute atomic E-state index is 13.0. The minimum Gasteiger partial charge on any atom is -0.464 e. The summed E-state index contributed by atoms with van der Waals surface area (Å²) in [7, 11) is 0. The van der Waals surface area contributed by atoms with Crippen LogP contribution in [0.2, 0.25) is 0 Å². The Hall–Kier alpha value is -1.89. The SMILES string of the molecule is CC1(C)SC[C@@H](C(=O)OCCCc2cccnc2)N1C(=O)C(=O)C1CCCCC1. The van der Waals surface area contributed by atoms with E-state index in [4.69, 9.17) is 4.74 Å². The number of nitrogens with zero attached hydrogens (tertiary/aromatic N) is 2. The molecule has 29 heavy (non-hydrogen) atoms. The Morgan fingerprint density at radius 2 is 2.00 bits per heavy atom. The first-order valence-corrected chi connectivity index (χ1v) is 11.5. The number of Topliss-reactive ketones (excluding diaryl/α,β-unsaturated/α-hetero) is 1. The zero-order chi connectivity index (χ0) is 20.9. The lowest BCUT2D eigenvalue weighted by Gasteiger charge is -2.34. The van der Waals surface area contributed by atoms with Crippen molar-refractivity contribution in [3.05, 3.63) is 30.1 Å². The molecule has 1 aliphatic carbocycles. The fraction of sp³-hybridized carbons (Fsp3) is 0.636. The molecule has 1 amide bonds. The van der Waals surface area contributed by atoms with Crippen LogP contribution >= 0.6 is 11.8 Å². The monoisotopic (exact) mass is 418 g/mol. The molecule has 3 rings (SSSR count). The summed E-state index contributed by atoms with van der Waals surface area (Å²) in [6.07, 6.45) is 9.64.